The molecule has 0 unspecified atom stereocenters. The van der Waals surface area contributed by atoms with Gasteiger partial charge >= 0.3 is 0 Å². The van der Waals surface area contributed by atoms with Crippen molar-refractivity contribution in [2.24, 2.45) is 0 Å². The summed E-state index contributed by atoms with van der Waals surface area (Å²) < 4.78 is 5.33. The fourth-order valence-corrected chi connectivity index (χ4v) is 2.75. The Hall–Kier alpha value is -1.40. The van der Waals surface area contributed by atoms with Crippen molar-refractivity contribution in [1.29, 1.82) is 0 Å². The molecule has 1 aromatic heterocycles. The Balaban J connectivity index is 2.10. The summed E-state index contributed by atoms with van der Waals surface area (Å²) in [4.78, 5) is 20.9. The minimum Gasteiger partial charge on any atom is -0.378 e. The van der Waals surface area contributed by atoms with E-state index in [1.165, 1.54) is 0 Å². The number of nitrogens with zero attached hydrogens (tertiary/aromatic N) is 3. The molecule has 0 N–H and O–H groups in total. The molecule has 6 heteroatoms. The highest BCUT2D eigenvalue weighted by molar-refractivity contribution is 7.16. The summed E-state index contributed by atoms with van der Waals surface area (Å²) in [7, 11) is 3.48. The molecule has 1 aliphatic heterocycles. The van der Waals surface area contributed by atoms with Crippen LogP contribution in [0.3, 0.4) is 0 Å². The summed E-state index contributed by atoms with van der Waals surface area (Å²) >= 11 is 1.62. The fraction of sp³-hybridized carbons (Fsp3) is 0.538. The lowest BCUT2D eigenvalue weighted by atomic mass is 10.3. The van der Waals surface area contributed by atoms with Crippen LogP contribution in [0.5, 0.6) is 0 Å². The molecule has 1 amide bonds. The van der Waals surface area contributed by atoms with Gasteiger partial charge in [-0.05, 0) is 13.0 Å². The summed E-state index contributed by atoms with van der Waals surface area (Å²) in [6.45, 7) is 5.24. The molecule has 0 aliphatic carbocycles. The molecule has 2 heterocycles. The molecule has 1 saturated heterocycles. The third-order valence-electron chi connectivity index (χ3n) is 2.92. The van der Waals surface area contributed by atoms with Gasteiger partial charge in [0.2, 0.25) is 5.91 Å². The summed E-state index contributed by atoms with van der Waals surface area (Å²) in [5.41, 5.74) is 0.967. The van der Waals surface area contributed by atoms with Crippen LogP contribution < -0.4 is 4.90 Å². The number of carbonyl (C=O) groups excluding carboxylic acids is 1. The number of carbonyl (C=O) groups is 1. The molecule has 0 atom stereocenters. The highest BCUT2D eigenvalue weighted by Gasteiger charge is 2.16. The Morgan fingerprint density at radius 3 is 2.74 bits per heavy atom. The van der Waals surface area contributed by atoms with Gasteiger partial charge < -0.3 is 14.5 Å². The lowest BCUT2D eigenvalue weighted by Gasteiger charge is -2.25. The number of aromatic nitrogens is 1. The summed E-state index contributed by atoms with van der Waals surface area (Å²) in [6, 6.07) is 0. The maximum absolute atomic E-state index is 11.5. The van der Waals surface area contributed by atoms with Gasteiger partial charge in [0.15, 0.2) is 5.13 Å². The average molecular weight is 281 g/mol. The van der Waals surface area contributed by atoms with E-state index in [4.69, 9.17) is 4.74 Å². The van der Waals surface area contributed by atoms with Gasteiger partial charge in [-0.1, -0.05) is 11.3 Å². The number of morpholine rings is 1. The van der Waals surface area contributed by atoms with Crippen molar-refractivity contribution < 1.29 is 9.53 Å². The van der Waals surface area contributed by atoms with E-state index >= 15 is 0 Å². The average Bonchev–Trinajstić information content (AvgIpc) is 2.78. The van der Waals surface area contributed by atoms with Crippen LogP contribution in [0.15, 0.2) is 6.08 Å². The third-order valence-corrected chi connectivity index (χ3v) is 4.10. The first-order valence-electron chi connectivity index (χ1n) is 6.27. The van der Waals surface area contributed by atoms with Gasteiger partial charge in [-0.3, -0.25) is 4.79 Å². The predicted octanol–water partition coefficient (Wildman–Crippen LogP) is 1.39. The number of likely N-dealkylation sites (N-methyl/N-ethyl adjacent to an activating group) is 1. The zero-order chi connectivity index (χ0) is 13.8. The molecule has 2 rings (SSSR count). The van der Waals surface area contributed by atoms with Gasteiger partial charge in [0.1, 0.15) is 0 Å². The molecular formula is C13H19N3O2S. The number of aryl methyl sites for hydroxylation is 1. The summed E-state index contributed by atoms with van der Waals surface area (Å²) in [5.74, 6) is -0.0132. The van der Waals surface area contributed by atoms with E-state index in [0.717, 1.165) is 42.0 Å². The first kappa shape index (κ1) is 14.0. The van der Waals surface area contributed by atoms with E-state index in [1.54, 1.807) is 36.4 Å². The zero-order valence-electron chi connectivity index (χ0n) is 11.5. The molecule has 0 bridgehead atoms. The van der Waals surface area contributed by atoms with Gasteiger partial charge in [-0.2, -0.15) is 0 Å². The maximum atomic E-state index is 11.5. The predicted molar refractivity (Wildman–Crippen MR) is 77.6 cm³/mol. The van der Waals surface area contributed by atoms with E-state index in [1.807, 2.05) is 13.0 Å². The number of ether oxygens (including phenoxy) is 1. The van der Waals surface area contributed by atoms with E-state index in [9.17, 15) is 4.79 Å². The fourth-order valence-electron chi connectivity index (χ4n) is 1.73. The van der Waals surface area contributed by atoms with Crippen LogP contribution in [0, 0.1) is 6.92 Å². The van der Waals surface area contributed by atoms with Crippen molar-refractivity contribution in [1.82, 2.24) is 9.88 Å². The zero-order valence-corrected chi connectivity index (χ0v) is 12.4. The molecule has 0 aromatic carbocycles. The Labute approximate surface area is 117 Å². The number of thiazole rings is 1. The Morgan fingerprint density at radius 1 is 1.42 bits per heavy atom. The van der Waals surface area contributed by atoms with Crippen LogP contribution in [0.1, 0.15) is 10.6 Å². The minimum atomic E-state index is -0.0132. The minimum absolute atomic E-state index is 0.0132. The Kier molecular flexibility index (Phi) is 4.55. The topological polar surface area (TPSA) is 45.7 Å². The molecule has 104 valence electrons. The molecule has 5 nitrogen and oxygen atoms in total. The molecule has 19 heavy (non-hydrogen) atoms. The number of hydrogen-bond donors (Lipinski definition) is 0. The van der Waals surface area contributed by atoms with Crippen molar-refractivity contribution >= 4 is 28.5 Å². The number of hydrogen-bond acceptors (Lipinski definition) is 5. The largest absolute Gasteiger partial charge is 0.378 e. The lowest BCUT2D eigenvalue weighted by Crippen LogP contribution is -2.36. The second-order valence-electron chi connectivity index (χ2n) is 4.61. The third kappa shape index (κ3) is 3.54. The van der Waals surface area contributed by atoms with Crippen LogP contribution in [0.25, 0.3) is 6.08 Å². The van der Waals surface area contributed by atoms with E-state index in [2.05, 4.69) is 9.88 Å². The van der Waals surface area contributed by atoms with E-state index < -0.39 is 0 Å². The van der Waals surface area contributed by atoms with Gasteiger partial charge in [-0.25, -0.2) is 4.98 Å². The highest BCUT2D eigenvalue weighted by Crippen LogP contribution is 2.27. The molecule has 0 saturated carbocycles. The number of anilines is 1. The van der Waals surface area contributed by atoms with Gasteiger partial charge in [0, 0.05) is 33.3 Å². The van der Waals surface area contributed by atoms with Crippen molar-refractivity contribution in [3.8, 4) is 0 Å². The second-order valence-corrected chi connectivity index (χ2v) is 5.62. The summed E-state index contributed by atoms with van der Waals surface area (Å²) in [6.07, 6.45) is 3.43. The van der Waals surface area contributed by atoms with Crippen LogP contribution in [-0.2, 0) is 9.53 Å². The Morgan fingerprint density at radius 2 is 2.11 bits per heavy atom. The SMILES string of the molecule is Cc1nc(N2CCOCC2)sc1C=CC(=O)N(C)C. The number of rotatable bonds is 3. The maximum Gasteiger partial charge on any atom is 0.246 e. The summed E-state index contributed by atoms with van der Waals surface area (Å²) in [5, 5.41) is 1.01. The van der Waals surface area contributed by atoms with Crippen molar-refractivity contribution in [2.75, 3.05) is 45.3 Å². The van der Waals surface area contributed by atoms with Crippen molar-refractivity contribution in [3.05, 3.63) is 16.6 Å². The highest BCUT2D eigenvalue weighted by atomic mass is 32.1. The normalized spacial score (nSPS) is 16.1. The molecule has 0 spiro atoms. The van der Waals surface area contributed by atoms with Gasteiger partial charge in [0.05, 0.1) is 23.8 Å². The number of amides is 1. The molecule has 1 fully saturated rings. The van der Waals surface area contributed by atoms with Gasteiger partial charge in [-0.15, -0.1) is 0 Å². The standard InChI is InChI=1S/C13H19N3O2S/c1-10-11(4-5-12(17)15(2)3)19-13(14-10)16-6-8-18-9-7-16/h4-5H,6-9H2,1-3H3. The Bertz CT molecular complexity index is 476. The van der Waals surface area contributed by atoms with Crippen LogP contribution in [-0.4, -0.2) is 56.2 Å². The molecule has 1 aliphatic rings. The van der Waals surface area contributed by atoms with E-state index in [0.29, 0.717) is 0 Å². The van der Waals surface area contributed by atoms with Crippen LogP contribution in [0.4, 0.5) is 5.13 Å². The molecule has 1 aromatic rings. The first-order valence-corrected chi connectivity index (χ1v) is 7.09. The van der Waals surface area contributed by atoms with Crippen molar-refractivity contribution in [3.63, 3.8) is 0 Å². The lowest BCUT2D eigenvalue weighted by molar-refractivity contribution is -0.123. The quantitative estimate of drug-likeness (QED) is 0.786. The monoisotopic (exact) mass is 281 g/mol. The first-order chi connectivity index (χ1) is 9.08. The van der Waals surface area contributed by atoms with Crippen LogP contribution in [0.2, 0.25) is 0 Å². The second kappa shape index (κ2) is 6.16. The van der Waals surface area contributed by atoms with Crippen molar-refractivity contribution in [2.45, 2.75) is 6.92 Å². The smallest absolute Gasteiger partial charge is 0.246 e. The molecule has 0 radical (unpaired) electrons. The molecular weight excluding hydrogens is 262 g/mol. The van der Waals surface area contributed by atoms with E-state index in [-0.39, 0.29) is 5.91 Å². The van der Waals surface area contributed by atoms with Crippen LogP contribution >= 0.6 is 11.3 Å². The van der Waals surface area contributed by atoms with Gasteiger partial charge in [0.25, 0.3) is 0 Å².